The summed E-state index contributed by atoms with van der Waals surface area (Å²) in [5.41, 5.74) is 8.26. The molecule has 0 aliphatic heterocycles. The number of benzene rings is 1. The lowest BCUT2D eigenvalue weighted by Crippen LogP contribution is -2.27. The van der Waals surface area contributed by atoms with Crippen LogP contribution in [0.2, 0.25) is 0 Å². The van der Waals surface area contributed by atoms with E-state index in [4.69, 9.17) is 10.8 Å². The molecule has 0 spiro atoms. The Morgan fingerprint density at radius 1 is 1.29 bits per heavy atom. The Morgan fingerprint density at radius 2 is 1.86 bits per heavy atom. The van der Waals surface area contributed by atoms with Crippen molar-refractivity contribution in [3.8, 4) is 0 Å². The number of hydrogen-bond acceptors (Lipinski definition) is 2. The molecular formula is C11H18ClNO. The smallest absolute Gasteiger partial charge is 0.0585 e. The number of aryl methyl sites for hydroxylation is 1. The van der Waals surface area contributed by atoms with Gasteiger partial charge < -0.3 is 10.8 Å². The Labute approximate surface area is 91.5 Å². The summed E-state index contributed by atoms with van der Waals surface area (Å²) in [6.07, 6.45) is 1.79. The summed E-state index contributed by atoms with van der Waals surface area (Å²) in [7, 11) is 0. The first-order valence-corrected chi connectivity index (χ1v) is 4.71. The second-order valence-corrected chi connectivity index (χ2v) is 3.27. The summed E-state index contributed by atoms with van der Waals surface area (Å²) < 4.78 is 0. The van der Waals surface area contributed by atoms with Crippen LogP contribution in [0.1, 0.15) is 18.1 Å². The predicted molar refractivity (Wildman–Crippen MR) is 61.8 cm³/mol. The van der Waals surface area contributed by atoms with Crippen molar-refractivity contribution in [3.05, 3.63) is 35.4 Å². The van der Waals surface area contributed by atoms with E-state index in [1.807, 2.05) is 12.1 Å². The summed E-state index contributed by atoms with van der Waals surface area (Å²) in [6.45, 7) is 2.18. The second-order valence-electron chi connectivity index (χ2n) is 3.27. The van der Waals surface area contributed by atoms with Crippen LogP contribution in [0.15, 0.2) is 24.3 Å². The van der Waals surface area contributed by atoms with E-state index < -0.39 is 0 Å². The lowest BCUT2D eigenvalue weighted by Gasteiger charge is -2.11. The monoisotopic (exact) mass is 215 g/mol. The van der Waals surface area contributed by atoms with Gasteiger partial charge in [-0.15, -0.1) is 12.4 Å². The number of halogens is 1. The Kier molecular flexibility index (Phi) is 6.54. The third kappa shape index (κ3) is 3.66. The van der Waals surface area contributed by atoms with Crippen LogP contribution in [-0.4, -0.2) is 17.8 Å². The van der Waals surface area contributed by atoms with E-state index in [1.165, 1.54) is 11.1 Å². The van der Waals surface area contributed by atoms with E-state index in [-0.39, 0.29) is 25.1 Å². The van der Waals surface area contributed by atoms with Crippen molar-refractivity contribution in [2.75, 3.05) is 6.61 Å². The highest BCUT2D eigenvalue weighted by atomic mass is 35.5. The van der Waals surface area contributed by atoms with E-state index in [0.29, 0.717) is 0 Å². The molecule has 1 rings (SSSR count). The molecule has 0 aliphatic rings. The zero-order valence-electron chi connectivity index (χ0n) is 8.44. The van der Waals surface area contributed by atoms with Gasteiger partial charge in [0.2, 0.25) is 0 Å². The highest BCUT2D eigenvalue weighted by Crippen LogP contribution is 2.10. The molecule has 0 amide bonds. The van der Waals surface area contributed by atoms with E-state index in [9.17, 15) is 0 Å². The van der Waals surface area contributed by atoms with Gasteiger partial charge in [-0.3, -0.25) is 0 Å². The fourth-order valence-electron chi connectivity index (χ4n) is 1.45. The number of nitrogens with two attached hydrogens (primary N) is 1. The summed E-state index contributed by atoms with van der Waals surface area (Å²) in [5, 5.41) is 8.83. The number of aliphatic hydroxyl groups excluding tert-OH is 1. The van der Waals surface area contributed by atoms with Crippen LogP contribution in [0.3, 0.4) is 0 Å². The van der Waals surface area contributed by atoms with Crippen molar-refractivity contribution in [2.24, 2.45) is 5.73 Å². The Hall–Kier alpha value is -0.570. The van der Waals surface area contributed by atoms with Gasteiger partial charge in [0.25, 0.3) is 0 Å². The molecule has 2 nitrogen and oxygen atoms in total. The fourth-order valence-corrected chi connectivity index (χ4v) is 1.45. The second kappa shape index (κ2) is 6.82. The zero-order valence-corrected chi connectivity index (χ0v) is 9.26. The maximum absolute atomic E-state index is 8.83. The lowest BCUT2D eigenvalue weighted by molar-refractivity contribution is 0.265. The molecule has 0 aromatic heterocycles. The average Bonchev–Trinajstić information content (AvgIpc) is 2.18. The first-order valence-electron chi connectivity index (χ1n) is 4.71. The first kappa shape index (κ1) is 13.4. The van der Waals surface area contributed by atoms with Gasteiger partial charge in [0, 0.05) is 6.04 Å². The number of aliphatic hydroxyl groups is 1. The molecule has 0 saturated carbocycles. The molecule has 0 radical (unpaired) electrons. The van der Waals surface area contributed by atoms with Crippen LogP contribution in [0.25, 0.3) is 0 Å². The molecule has 14 heavy (non-hydrogen) atoms. The summed E-state index contributed by atoms with van der Waals surface area (Å²) in [6, 6.07) is 8.10. The van der Waals surface area contributed by atoms with Crippen LogP contribution in [0.4, 0.5) is 0 Å². The number of rotatable bonds is 4. The van der Waals surface area contributed by atoms with Crippen molar-refractivity contribution in [1.29, 1.82) is 0 Å². The van der Waals surface area contributed by atoms with Gasteiger partial charge in [0.1, 0.15) is 0 Å². The molecule has 1 aromatic rings. The third-order valence-corrected chi connectivity index (χ3v) is 2.22. The first-order chi connectivity index (χ1) is 6.27. The maximum atomic E-state index is 8.83. The van der Waals surface area contributed by atoms with Crippen molar-refractivity contribution >= 4 is 12.4 Å². The molecule has 1 atom stereocenters. The zero-order chi connectivity index (χ0) is 9.68. The van der Waals surface area contributed by atoms with Gasteiger partial charge in [-0.25, -0.2) is 0 Å². The van der Waals surface area contributed by atoms with Gasteiger partial charge in [0.15, 0.2) is 0 Å². The van der Waals surface area contributed by atoms with Crippen LogP contribution in [0.5, 0.6) is 0 Å². The Bertz CT molecular complexity index is 265. The van der Waals surface area contributed by atoms with Gasteiger partial charge in [-0.05, 0) is 24.0 Å². The molecule has 1 aromatic carbocycles. The van der Waals surface area contributed by atoms with Crippen LogP contribution >= 0.6 is 12.4 Å². The minimum absolute atomic E-state index is 0. The van der Waals surface area contributed by atoms with Gasteiger partial charge in [0.05, 0.1) is 6.61 Å². The molecule has 0 bridgehead atoms. The van der Waals surface area contributed by atoms with Crippen LogP contribution in [0, 0.1) is 0 Å². The van der Waals surface area contributed by atoms with Crippen LogP contribution < -0.4 is 5.73 Å². The minimum atomic E-state index is -0.132. The van der Waals surface area contributed by atoms with Gasteiger partial charge >= 0.3 is 0 Å². The predicted octanol–water partition coefficient (Wildman–Crippen LogP) is 1.53. The molecule has 0 aliphatic carbocycles. The third-order valence-electron chi connectivity index (χ3n) is 2.22. The largest absolute Gasteiger partial charge is 0.395 e. The highest BCUT2D eigenvalue weighted by Gasteiger charge is 2.04. The summed E-state index contributed by atoms with van der Waals surface area (Å²) in [5.74, 6) is 0. The quantitative estimate of drug-likeness (QED) is 0.801. The number of hydrogen-bond donors (Lipinski definition) is 2. The lowest BCUT2D eigenvalue weighted by atomic mass is 9.99. The normalized spacial score (nSPS) is 11.9. The average molecular weight is 216 g/mol. The molecule has 0 fully saturated rings. The van der Waals surface area contributed by atoms with Crippen molar-refractivity contribution in [3.63, 3.8) is 0 Å². The van der Waals surface area contributed by atoms with Gasteiger partial charge in [-0.2, -0.15) is 0 Å². The molecule has 1 unspecified atom stereocenters. The topological polar surface area (TPSA) is 46.2 Å². The van der Waals surface area contributed by atoms with Crippen molar-refractivity contribution in [2.45, 2.75) is 25.8 Å². The Morgan fingerprint density at radius 3 is 2.36 bits per heavy atom. The highest BCUT2D eigenvalue weighted by molar-refractivity contribution is 5.85. The van der Waals surface area contributed by atoms with Gasteiger partial charge in [-0.1, -0.05) is 31.2 Å². The molecule has 0 heterocycles. The SMILES string of the molecule is CCc1ccccc1CC(N)CO.Cl. The van der Waals surface area contributed by atoms with Crippen LogP contribution in [-0.2, 0) is 12.8 Å². The summed E-state index contributed by atoms with van der Waals surface area (Å²) >= 11 is 0. The maximum Gasteiger partial charge on any atom is 0.0585 e. The molecule has 3 N–H and O–H groups in total. The van der Waals surface area contributed by atoms with E-state index in [1.54, 1.807) is 0 Å². The van der Waals surface area contributed by atoms with E-state index in [2.05, 4.69) is 19.1 Å². The van der Waals surface area contributed by atoms with E-state index >= 15 is 0 Å². The standard InChI is InChI=1S/C11H17NO.ClH/c1-2-9-5-3-4-6-10(9)7-11(12)8-13;/h3-6,11,13H,2,7-8,12H2,1H3;1H. The van der Waals surface area contributed by atoms with E-state index in [0.717, 1.165) is 12.8 Å². The fraction of sp³-hybridized carbons (Fsp3) is 0.455. The minimum Gasteiger partial charge on any atom is -0.395 e. The van der Waals surface area contributed by atoms with Crippen molar-refractivity contribution in [1.82, 2.24) is 0 Å². The molecule has 0 saturated heterocycles. The molecule has 3 heteroatoms. The Balaban J connectivity index is 0.00000169. The van der Waals surface area contributed by atoms with Crippen molar-refractivity contribution < 1.29 is 5.11 Å². The molecule has 80 valence electrons. The summed E-state index contributed by atoms with van der Waals surface area (Å²) in [4.78, 5) is 0. The molecular weight excluding hydrogens is 198 g/mol.